The zero-order valence-corrected chi connectivity index (χ0v) is 22.6. The summed E-state index contributed by atoms with van der Waals surface area (Å²) in [5, 5.41) is 2.86. The number of ether oxygens (including phenoxy) is 1. The molecule has 5 rings (SSSR count). The number of hydrogen-bond acceptors (Lipinski definition) is 8. The number of fused-ring (bicyclic) bond motifs is 1. The molecule has 0 radical (unpaired) electrons. The molecule has 1 aliphatic rings. The Labute approximate surface area is 227 Å². The second-order valence-electron chi connectivity index (χ2n) is 9.58. The maximum Gasteiger partial charge on any atom is 0.412 e. The molecule has 0 saturated heterocycles. The largest absolute Gasteiger partial charge is 0.412 e. The zero-order valence-electron chi connectivity index (χ0n) is 21.8. The topological polar surface area (TPSA) is 93.1 Å². The van der Waals surface area contributed by atoms with Gasteiger partial charge in [-0.1, -0.05) is 30.3 Å². The number of rotatable bonds is 9. The number of nitrogens with one attached hydrogen (secondary N) is 1. The summed E-state index contributed by atoms with van der Waals surface area (Å²) in [5.74, 6) is 0.400. The molecule has 0 bridgehead atoms. The van der Waals surface area contributed by atoms with Crippen molar-refractivity contribution in [2.24, 2.45) is 0 Å². The van der Waals surface area contributed by atoms with Crippen molar-refractivity contribution in [2.75, 3.05) is 6.54 Å². The fraction of sp³-hybridized carbons (Fsp3) is 0.345. The molecular formula is C29H32N6O2S. The normalized spacial score (nSPS) is 14.8. The van der Waals surface area contributed by atoms with Gasteiger partial charge < -0.3 is 10.1 Å². The molecule has 38 heavy (non-hydrogen) atoms. The van der Waals surface area contributed by atoms with Crippen LogP contribution in [0.2, 0.25) is 0 Å². The summed E-state index contributed by atoms with van der Waals surface area (Å²) < 4.78 is 5.48. The van der Waals surface area contributed by atoms with Crippen LogP contribution in [0.25, 0.3) is 0 Å². The Morgan fingerprint density at radius 2 is 1.97 bits per heavy atom. The van der Waals surface area contributed by atoms with Crippen LogP contribution in [0.5, 0.6) is 5.75 Å². The molecule has 4 aromatic rings. The van der Waals surface area contributed by atoms with Gasteiger partial charge in [0.2, 0.25) is 0 Å². The summed E-state index contributed by atoms with van der Waals surface area (Å²) in [6.07, 6.45) is 9.13. The zero-order chi connectivity index (χ0) is 26.3. The summed E-state index contributed by atoms with van der Waals surface area (Å²) in [6, 6.07) is 12.9. The molecular weight excluding hydrogens is 496 g/mol. The molecule has 3 aromatic heterocycles. The van der Waals surface area contributed by atoms with E-state index in [9.17, 15) is 4.79 Å². The lowest BCUT2D eigenvalue weighted by atomic mass is 9.90. The minimum absolute atomic E-state index is 0.282. The lowest BCUT2D eigenvalue weighted by Gasteiger charge is -2.35. The first-order valence-electron chi connectivity index (χ1n) is 12.9. The van der Waals surface area contributed by atoms with E-state index in [1.165, 1.54) is 28.0 Å². The van der Waals surface area contributed by atoms with Gasteiger partial charge in [-0.15, -0.1) is 11.3 Å². The number of aryl methyl sites for hydroxylation is 3. The summed E-state index contributed by atoms with van der Waals surface area (Å²) in [5.41, 5.74) is 7.94. The first-order chi connectivity index (χ1) is 18.6. The Hall–Kier alpha value is -3.69. The van der Waals surface area contributed by atoms with E-state index in [0.717, 1.165) is 44.3 Å². The van der Waals surface area contributed by atoms with Gasteiger partial charge in [-0.05, 0) is 62.3 Å². The predicted molar refractivity (Wildman–Crippen MR) is 147 cm³/mol. The van der Waals surface area contributed by atoms with Gasteiger partial charge in [-0.25, -0.2) is 14.8 Å². The lowest BCUT2D eigenvalue weighted by molar-refractivity contribution is 0.168. The fourth-order valence-electron chi connectivity index (χ4n) is 5.01. The van der Waals surface area contributed by atoms with Crippen molar-refractivity contribution < 1.29 is 9.53 Å². The number of carbonyl (C=O) groups is 1. The van der Waals surface area contributed by atoms with Gasteiger partial charge in [-0.2, -0.15) is 0 Å². The van der Waals surface area contributed by atoms with Gasteiger partial charge in [0.1, 0.15) is 6.33 Å². The molecule has 8 nitrogen and oxygen atoms in total. The highest BCUT2D eigenvalue weighted by Crippen LogP contribution is 2.34. The van der Waals surface area contributed by atoms with E-state index in [1.807, 2.05) is 36.1 Å². The van der Waals surface area contributed by atoms with Crippen molar-refractivity contribution in [1.29, 1.82) is 0 Å². The quantitative estimate of drug-likeness (QED) is 0.313. The van der Waals surface area contributed by atoms with E-state index in [1.54, 1.807) is 25.2 Å². The third-order valence-electron chi connectivity index (χ3n) is 6.90. The number of aromatic nitrogens is 4. The third kappa shape index (κ3) is 6.41. The molecule has 196 valence electrons. The van der Waals surface area contributed by atoms with E-state index >= 15 is 0 Å². The van der Waals surface area contributed by atoms with Gasteiger partial charge in [-0.3, -0.25) is 14.9 Å². The van der Waals surface area contributed by atoms with Crippen LogP contribution in [0.3, 0.4) is 0 Å². The second kappa shape index (κ2) is 12.2. The SMILES string of the molecule is Cc1ncnc(C)c1OC(=O)NCc1cccc(CN(CCc2cncs2)C2CCCc3cccnc32)c1. The fourth-order valence-corrected chi connectivity index (χ4v) is 5.60. The van der Waals surface area contributed by atoms with Gasteiger partial charge in [0.05, 0.1) is 28.6 Å². The van der Waals surface area contributed by atoms with Crippen molar-refractivity contribution in [3.05, 3.63) is 99.3 Å². The molecule has 1 aromatic carbocycles. The smallest absolute Gasteiger partial charge is 0.406 e. The van der Waals surface area contributed by atoms with Crippen LogP contribution in [0.4, 0.5) is 4.79 Å². The number of amides is 1. The molecule has 0 aliphatic heterocycles. The molecule has 1 unspecified atom stereocenters. The number of nitrogens with zero attached hydrogens (tertiary/aromatic N) is 5. The van der Waals surface area contributed by atoms with E-state index < -0.39 is 6.09 Å². The Kier molecular flexibility index (Phi) is 8.35. The third-order valence-corrected chi connectivity index (χ3v) is 7.74. The van der Waals surface area contributed by atoms with Crippen LogP contribution in [-0.2, 0) is 25.9 Å². The average Bonchev–Trinajstić information content (AvgIpc) is 3.46. The van der Waals surface area contributed by atoms with Crippen LogP contribution >= 0.6 is 11.3 Å². The van der Waals surface area contributed by atoms with E-state index in [0.29, 0.717) is 23.7 Å². The number of thiazole rings is 1. The standard InChI is InChI=1S/C29H32N6O2S/c1-20-28(21(2)34-18-33-20)37-29(36)32-15-22-6-3-7-23(14-22)17-35(13-11-25-16-30-19-38-25)26-10-4-8-24-9-5-12-31-27(24)26/h3,5-7,9,12,14,16,18-19,26H,4,8,10-11,13,15,17H2,1-2H3,(H,32,36). The van der Waals surface area contributed by atoms with Crippen LogP contribution in [-0.4, -0.2) is 37.5 Å². The van der Waals surface area contributed by atoms with Crippen molar-refractivity contribution in [3.8, 4) is 5.75 Å². The minimum Gasteiger partial charge on any atom is -0.406 e. The van der Waals surface area contributed by atoms with Crippen LogP contribution < -0.4 is 10.1 Å². The highest BCUT2D eigenvalue weighted by Gasteiger charge is 2.27. The highest BCUT2D eigenvalue weighted by atomic mass is 32.1. The Balaban J connectivity index is 1.27. The van der Waals surface area contributed by atoms with Crippen molar-refractivity contribution >= 4 is 17.4 Å². The van der Waals surface area contributed by atoms with Gasteiger partial charge in [0.25, 0.3) is 0 Å². The number of hydrogen-bond donors (Lipinski definition) is 1. The van der Waals surface area contributed by atoms with Crippen molar-refractivity contribution in [1.82, 2.24) is 30.2 Å². The molecule has 0 spiro atoms. The first-order valence-corrected chi connectivity index (χ1v) is 13.8. The number of carbonyl (C=O) groups excluding carboxylic acids is 1. The average molecular weight is 529 g/mol. The van der Waals surface area contributed by atoms with Gasteiger partial charge in [0.15, 0.2) is 5.75 Å². The number of pyridine rings is 1. The van der Waals surface area contributed by atoms with Gasteiger partial charge in [0, 0.05) is 36.9 Å². The maximum atomic E-state index is 12.5. The number of benzene rings is 1. The molecule has 0 saturated carbocycles. The Morgan fingerprint density at radius 1 is 1.13 bits per heavy atom. The Morgan fingerprint density at radius 3 is 2.79 bits per heavy atom. The summed E-state index contributed by atoms with van der Waals surface area (Å²) in [7, 11) is 0. The summed E-state index contributed by atoms with van der Waals surface area (Å²) in [6.45, 7) is 5.68. The lowest BCUT2D eigenvalue weighted by Crippen LogP contribution is -2.33. The Bertz CT molecular complexity index is 1360. The van der Waals surface area contributed by atoms with Crippen molar-refractivity contribution in [3.63, 3.8) is 0 Å². The van der Waals surface area contributed by atoms with Gasteiger partial charge >= 0.3 is 6.09 Å². The monoisotopic (exact) mass is 528 g/mol. The molecule has 1 aliphatic carbocycles. The van der Waals surface area contributed by atoms with Crippen LogP contribution in [0.1, 0.15) is 57.5 Å². The van der Waals surface area contributed by atoms with E-state index in [4.69, 9.17) is 9.72 Å². The van der Waals surface area contributed by atoms with Crippen molar-refractivity contribution in [2.45, 2.75) is 58.7 Å². The molecule has 0 fully saturated rings. The predicted octanol–water partition coefficient (Wildman–Crippen LogP) is 5.36. The van der Waals surface area contributed by atoms with Crippen LogP contribution in [0, 0.1) is 13.8 Å². The molecule has 1 amide bonds. The summed E-state index contributed by atoms with van der Waals surface area (Å²) in [4.78, 5) is 33.6. The minimum atomic E-state index is -0.521. The molecule has 3 heterocycles. The highest BCUT2D eigenvalue weighted by molar-refractivity contribution is 7.09. The molecule has 1 atom stereocenters. The first kappa shape index (κ1) is 25.9. The maximum absolute atomic E-state index is 12.5. The second-order valence-corrected chi connectivity index (χ2v) is 10.6. The van der Waals surface area contributed by atoms with E-state index in [-0.39, 0.29) is 6.04 Å². The van der Waals surface area contributed by atoms with Crippen LogP contribution in [0.15, 0.2) is 60.6 Å². The summed E-state index contributed by atoms with van der Waals surface area (Å²) >= 11 is 1.70. The molecule has 1 N–H and O–H groups in total. The van der Waals surface area contributed by atoms with E-state index in [2.05, 4.69) is 43.4 Å². The molecule has 9 heteroatoms.